The van der Waals surface area contributed by atoms with Crippen LogP contribution in [0, 0.1) is 11.8 Å². The number of benzene rings is 2. The lowest BCUT2D eigenvalue weighted by atomic mass is 9.86. The molecule has 0 aliphatic rings. The predicted molar refractivity (Wildman–Crippen MR) is 255 cm³/mol. The van der Waals surface area contributed by atoms with Crippen LogP contribution in [-0.4, -0.2) is 49.9 Å². The van der Waals surface area contributed by atoms with Gasteiger partial charge in [0.1, 0.15) is 0 Å². The molecular weight excluding hydrogens is 763 g/mol. The first kappa shape index (κ1) is 58.9. The normalized spacial score (nSPS) is 13.1. The number of rotatable bonds is 38. The largest absolute Gasteiger partial charge is 0.396 e. The Kier molecular flexibility index (Phi) is 46.0. The molecule has 0 radical (unpaired) electrons. The maximum absolute atomic E-state index is 8.83. The summed E-state index contributed by atoms with van der Waals surface area (Å²) in [6.45, 7) is 7.83. The summed E-state index contributed by atoms with van der Waals surface area (Å²) in [5, 5.41) is 17.7. The van der Waals surface area contributed by atoms with Gasteiger partial charge in [0.05, 0.1) is 0 Å². The molecule has 4 atom stereocenters. The summed E-state index contributed by atoms with van der Waals surface area (Å²) in [5.41, 5.74) is 15.8. The molecule has 0 aliphatic carbocycles. The topological polar surface area (TPSA) is 111 Å². The SMILES string of the molecule is CCCCCCCCCCCC(CCCOCCCO)C(N)c1ccccc1.CCCCCCCCCCCC(CCCOCCCO)C(N)c1ccccc1.Cl.Cl. The van der Waals surface area contributed by atoms with Crippen LogP contribution in [0.15, 0.2) is 60.7 Å². The van der Waals surface area contributed by atoms with Gasteiger partial charge in [0.25, 0.3) is 0 Å². The van der Waals surface area contributed by atoms with Crippen LogP contribution < -0.4 is 11.5 Å². The lowest BCUT2D eigenvalue weighted by Crippen LogP contribution is -2.22. The summed E-state index contributed by atoms with van der Waals surface area (Å²) < 4.78 is 11.2. The van der Waals surface area contributed by atoms with Crippen molar-refractivity contribution in [1.82, 2.24) is 0 Å². The summed E-state index contributed by atoms with van der Waals surface area (Å²) in [4.78, 5) is 0. The van der Waals surface area contributed by atoms with Gasteiger partial charge in [-0.1, -0.05) is 190 Å². The van der Waals surface area contributed by atoms with E-state index in [0.29, 0.717) is 25.0 Å². The average Bonchev–Trinajstić information content (AvgIpc) is 3.23. The van der Waals surface area contributed by atoms with Gasteiger partial charge in [-0.3, -0.25) is 0 Å². The van der Waals surface area contributed by atoms with Crippen LogP contribution in [0.25, 0.3) is 0 Å². The summed E-state index contributed by atoms with van der Waals surface area (Å²) in [6, 6.07) is 21.3. The second-order valence-corrected chi connectivity index (χ2v) is 16.3. The molecule has 8 heteroatoms. The molecule has 0 amide bonds. The zero-order chi connectivity index (χ0) is 40.6. The predicted octanol–water partition coefficient (Wildman–Crippen LogP) is 13.6. The Hall–Kier alpha value is -1.22. The Morgan fingerprint density at radius 1 is 0.397 bits per heavy atom. The highest BCUT2D eigenvalue weighted by Gasteiger charge is 2.20. The molecule has 2 rings (SSSR count). The van der Waals surface area contributed by atoms with Gasteiger partial charge in [0, 0.05) is 51.7 Å². The summed E-state index contributed by atoms with van der Waals surface area (Å²) in [6.07, 6.45) is 32.8. The van der Waals surface area contributed by atoms with Crippen molar-refractivity contribution >= 4 is 24.8 Å². The number of aliphatic hydroxyl groups is 2. The molecule has 2 aromatic carbocycles. The van der Waals surface area contributed by atoms with Crippen molar-refractivity contribution in [3.8, 4) is 0 Å². The maximum Gasteiger partial charge on any atom is 0.0487 e. The highest BCUT2D eigenvalue weighted by molar-refractivity contribution is 5.85. The summed E-state index contributed by atoms with van der Waals surface area (Å²) >= 11 is 0. The zero-order valence-corrected chi connectivity index (χ0v) is 39.0. The van der Waals surface area contributed by atoms with Crippen molar-refractivity contribution in [2.75, 3.05) is 39.6 Å². The van der Waals surface area contributed by atoms with Crippen molar-refractivity contribution in [3.63, 3.8) is 0 Å². The van der Waals surface area contributed by atoms with Crippen LogP contribution in [0.5, 0.6) is 0 Å². The molecule has 4 unspecified atom stereocenters. The maximum atomic E-state index is 8.83. The molecule has 340 valence electrons. The summed E-state index contributed by atoms with van der Waals surface area (Å²) in [5.74, 6) is 1.04. The number of nitrogens with two attached hydrogens (primary N) is 2. The molecule has 0 aromatic heterocycles. The molecule has 6 N–H and O–H groups in total. The third-order valence-corrected chi connectivity index (χ3v) is 11.4. The third-order valence-electron chi connectivity index (χ3n) is 11.4. The van der Waals surface area contributed by atoms with Crippen molar-refractivity contribution < 1.29 is 19.7 Å². The fourth-order valence-corrected chi connectivity index (χ4v) is 7.77. The molecule has 0 saturated heterocycles. The molecule has 58 heavy (non-hydrogen) atoms. The molecule has 0 saturated carbocycles. The van der Waals surface area contributed by atoms with Crippen LogP contribution in [0.2, 0.25) is 0 Å². The van der Waals surface area contributed by atoms with E-state index < -0.39 is 0 Å². The second kappa shape index (κ2) is 45.3. The zero-order valence-electron chi connectivity index (χ0n) is 37.4. The van der Waals surface area contributed by atoms with Crippen LogP contribution in [-0.2, 0) is 9.47 Å². The first-order valence-electron chi connectivity index (χ1n) is 23.6. The van der Waals surface area contributed by atoms with E-state index in [-0.39, 0.29) is 50.1 Å². The van der Waals surface area contributed by atoms with Crippen LogP contribution in [0.1, 0.15) is 204 Å². The quantitative estimate of drug-likeness (QED) is 0.0501. The highest BCUT2D eigenvalue weighted by atomic mass is 35.5. The first-order valence-corrected chi connectivity index (χ1v) is 23.6. The van der Waals surface area contributed by atoms with Gasteiger partial charge in [0.15, 0.2) is 0 Å². The molecule has 0 aliphatic heterocycles. The van der Waals surface area contributed by atoms with Crippen molar-refractivity contribution in [1.29, 1.82) is 0 Å². The van der Waals surface area contributed by atoms with Crippen LogP contribution in [0.4, 0.5) is 0 Å². The van der Waals surface area contributed by atoms with Crippen molar-refractivity contribution in [2.24, 2.45) is 23.3 Å². The van der Waals surface area contributed by atoms with Crippen LogP contribution >= 0.6 is 24.8 Å². The Morgan fingerprint density at radius 2 is 0.672 bits per heavy atom. The van der Waals surface area contributed by atoms with E-state index in [2.05, 4.69) is 74.5 Å². The Balaban J connectivity index is 0. The lowest BCUT2D eigenvalue weighted by Gasteiger charge is -2.24. The number of hydrogen-bond donors (Lipinski definition) is 4. The van der Waals surface area contributed by atoms with Gasteiger partial charge < -0.3 is 31.2 Å². The second-order valence-electron chi connectivity index (χ2n) is 16.3. The minimum Gasteiger partial charge on any atom is -0.396 e. The monoisotopic (exact) mass is 855 g/mol. The van der Waals surface area contributed by atoms with E-state index in [4.69, 9.17) is 31.2 Å². The van der Waals surface area contributed by atoms with E-state index >= 15 is 0 Å². The number of ether oxygens (including phenoxy) is 2. The molecule has 0 heterocycles. The molecular formula is C50H92Cl2N2O4. The summed E-state index contributed by atoms with van der Waals surface area (Å²) in [7, 11) is 0. The van der Waals surface area contributed by atoms with Crippen LogP contribution in [0.3, 0.4) is 0 Å². The standard InChI is InChI=1S/2C25H45NO2.2ClH/c2*1-2-3-4-5-6-7-8-9-11-16-24(19-14-21-28-22-15-20-27)25(26)23-17-12-10-13-18-23;;/h2*10,12-13,17-18,24-25,27H,2-9,11,14-16,19-22,26H2,1H3;2*1H. The van der Waals surface area contributed by atoms with Gasteiger partial charge in [-0.05, 0) is 74.3 Å². The van der Waals surface area contributed by atoms with E-state index in [1.165, 1.54) is 140 Å². The smallest absolute Gasteiger partial charge is 0.0487 e. The van der Waals surface area contributed by atoms with E-state index in [1.54, 1.807) is 0 Å². The van der Waals surface area contributed by atoms with Gasteiger partial charge >= 0.3 is 0 Å². The van der Waals surface area contributed by atoms with Gasteiger partial charge in [-0.15, -0.1) is 24.8 Å². The number of halogens is 2. The fourth-order valence-electron chi connectivity index (χ4n) is 7.77. The van der Waals surface area contributed by atoms with Gasteiger partial charge in [-0.25, -0.2) is 0 Å². The lowest BCUT2D eigenvalue weighted by molar-refractivity contribution is 0.108. The fraction of sp³-hybridized carbons (Fsp3) is 0.760. The minimum absolute atomic E-state index is 0. The van der Waals surface area contributed by atoms with Gasteiger partial charge in [-0.2, -0.15) is 0 Å². The molecule has 6 nitrogen and oxygen atoms in total. The Labute approximate surface area is 370 Å². The number of aliphatic hydroxyl groups excluding tert-OH is 2. The Morgan fingerprint density at radius 3 is 0.983 bits per heavy atom. The van der Waals surface area contributed by atoms with Crippen molar-refractivity contribution in [3.05, 3.63) is 71.8 Å². The van der Waals surface area contributed by atoms with E-state index in [9.17, 15) is 0 Å². The van der Waals surface area contributed by atoms with Crippen molar-refractivity contribution in [2.45, 2.75) is 193 Å². The third kappa shape index (κ3) is 33.5. The molecule has 0 fully saturated rings. The number of unbranched alkanes of at least 4 members (excludes halogenated alkanes) is 16. The minimum atomic E-state index is 0. The highest BCUT2D eigenvalue weighted by Crippen LogP contribution is 2.30. The molecule has 0 spiro atoms. The van der Waals surface area contributed by atoms with Gasteiger partial charge in [0.2, 0.25) is 0 Å². The first-order chi connectivity index (χ1) is 27.6. The van der Waals surface area contributed by atoms with E-state index in [1.807, 2.05) is 0 Å². The van der Waals surface area contributed by atoms with E-state index in [0.717, 1.165) is 51.7 Å². The average molecular weight is 856 g/mol. The Bertz CT molecular complexity index is 971. The molecule has 0 bridgehead atoms. The molecule has 2 aromatic rings. The number of hydrogen-bond acceptors (Lipinski definition) is 6.